The largest absolute Gasteiger partial charge is 0.382 e. The summed E-state index contributed by atoms with van der Waals surface area (Å²) < 4.78 is 18.9. The highest BCUT2D eigenvalue weighted by atomic mass is 35.5. The van der Waals surface area contributed by atoms with Crippen LogP contribution in [0.3, 0.4) is 0 Å². The molecule has 0 saturated carbocycles. The van der Waals surface area contributed by atoms with E-state index in [1.807, 2.05) is 0 Å². The molecule has 0 aliphatic carbocycles. The third-order valence-corrected chi connectivity index (χ3v) is 3.17. The average molecular weight is 258 g/mol. The number of benzene rings is 1. The highest BCUT2D eigenvalue weighted by Gasteiger charge is 2.31. The lowest BCUT2D eigenvalue weighted by atomic mass is 10.1. The molecule has 1 fully saturated rings. The molecule has 17 heavy (non-hydrogen) atoms. The summed E-state index contributed by atoms with van der Waals surface area (Å²) in [4.78, 5) is 0. The zero-order valence-electron chi connectivity index (χ0n) is 10.1. The Morgan fingerprint density at radius 1 is 1.47 bits per heavy atom. The van der Waals surface area contributed by atoms with Crippen LogP contribution in [-0.4, -0.2) is 18.2 Å². The fourth-order valence-corrected chi connectivity index (χ4v) is 2.33. The minimum atomic E-state index is -0.326. The normalized spacial score (nSPS) is 22.7. The first kappa shape index (κ1) is 12.7. The molecule has 1 aromatic carbocycles. The third-order valence-electron chi connectivity index (χ3n) is 2.95. The molecule has 1 N–H and O–H groups in total. The lowest BCUT2D eigenvalue weighted by Crippen LogP contribution is -2.24. The number of hydrogen-bond donors (Lipinski definition) is 1. The summed E-state index contributed by atoms with van der Waals surface area (Å²) in [5, 5.41) is 3.56. The van der Waals surface area contributed by atoms with E-state index in [4.69, 9.17) is 16.3 Å². The Bertz CT molecular complexity index is 388. The Kier molecular flexibility index (Phi) is 3.59. The Balaban J connectivity index is 1.90. The van der Waals surface area contributed by atoms with Crippen LogP contribution in [-0.2, 0) is 4.74 Å². The molecule has 94 valence electrons. The fourth-order valence-electron chi connectivity index (χ4n) is 2.11. The van der Waals surface area contributed by atoms with Gasteiger partial charge < -0.3 is 10.1 Å². The van der Waals surface area contributed by atoms with Crippen LogP contribution in [0.5, 0.6) is 0 Å². The van der Waals surface area contributed by atoms with Gasteiger partial charge >= 0.3 is 0 Å². The van der Waals surface area contributed by atoms with Crippen LogP contribution in [0.25, 0.3) is 0 Å². The van der Waals surface area contributed by atoms with E-state index in [2.05, 4.69) is 19.2 Å². The molecule has 4 heteroatoms. The number of nitrogens with one attached hydrogen (secondary N) is 1. The molecule has 0 bridgehead atoms. The van der Waals surface area contributed by atoms with Gasteiger partial charge in [0.1, 0.15) is 5.82 Å². The van der Waals surface area contributed by atoms with E-state index in [0.29, 0.717) is 17.3 Å². The van der Waals surface area contributed by atoms with Crippen molar-refractivity contribution in [3.63, 3.8) is 0 Å². The monoisotopic (exact) mass is 257 g/mol. The number of rotatable bonds is 3. The van der Waals surface area contributed by atoms with Crippen molar-refractivity contribution in [3.05, 3.63) is 29.0 Å². The lowest BCUT2D eigenvalue weighted by Gasteiger charge is -2.19. The second-order valence-electron chi connectivity index (χ2n) is 5.08. The Hall–Kier alpha value is -0.800. The molecule has 0 aromatic heterocycles. The highest BCUT2D eigenvalue weighted by Crippen LogP contribution is 2.29. The maximum absolute atomic E-state index is 13.1. The second kappa shape index (κ2) is 4.83. The van der Waals surface area contributed by atoms with Crippen LogP contribution in [0.4, 0.5) is 10.1 Å². The van der Waals surface area contributed by atoms with Crippen LogP contribution in [0, 0.1) is 5.82 Å². The molecule has 0 radical (unpaired) electrons. The Morgan fingerprint density at radius 2 is 2.24 bits per heavy atom. The van der Waals surface area contributed by atoms with Crippen molar-refractivity contribution in [1.82, 2.24) is 0 Å². The first-order chi connectivity index (χ1) is 7.94. The minimum Gasteiger partial charge on any atom is -0.382 e. The molecule has 1 saturated heterocycles. The highest BCUT2D eigenvalue weighted by molar-refractivity contribution is 6.30. The summed E-state index contributed by atoms with van der Waals surface area (Å²) in [6.07, 6.45) is 2.28. The first-order valence-corrected chi connectivity index (χ1v) is 6.20. The predicted octanol–water partition coefficient (Wildman–Crippen LogP) is 3.85. The zero-order chi connectivity index (χ0) is 12.5. The van der Waals surface area contributed by atoms with Crippen molar-refractivity contribution < 1.29 is 9.13 Å². The molecule has 1 unspecified atom stereocenters. The smallest absolute Gasteiger partial charge is 0.126 e. The minimum absolute atomic E-state index is 0.0358. The molecule has 1 aliphatic rings. The van der Waals surface area contributed by atoms with E-state index < -0.39 is 0 Å². The van der Waals surface area contributed by atoms with Gasteiger partial charge in [-0.1, -0.05) is 11.6 Å². The van der Waals surface area contributed by atoms with Gasteiger partial charge in [-0.15, -0.1) is 0 Å². The van der Waals surface area contributed by atoms with Gasteiger partial charge in [0.2, 0.25) is 0 Å². The van der Waals surface area contributed by atoms with Gasteiger partial charge in [0.15, 0.2) is 0 Å². The van der Waals surface area contributed by atoms with Gasteiger partial charge in [-0.05, 0) is 44.9 Å². The SMILES string of the molecule is CC1(C)CCC(CNc2cc(F)cc(Cl)c2)O1. The predicted molar refractivity (Wildman–Crippen MR) is 68.1 cm³/mol. The molecular formula is C13H17ClFNO. The topological polar surface area (TPSA) is 21.3 Å². The molecular weight excluding hydrogens is 241 g/mol. The van der Waals surface area contributed by atoms with Gasteiger partial charge in [0.25, 0.3) is 0 Å². The van der Waals surface area contributed by atoms with Crippen LogP contribution >= 0.6 is 11.6 Å². The van der Waals surface area contributed by atoms with Gasteiger partial charge in [-0.25, -0.2) is 4.39 Å². The lowest BCUT2D eigenvalue weighted by molar-refractivity contribution is -0.00911. The molecule has 1 aliphatic heterocycles. The van der Waals surface area contributed by atoms with Crippen molar-refractivity contribution in [2.24, 2.45) is 0 Å². The third kappa shape index (κ3) is 3.58. The standard InChI is InChI=1S/C13H17ClFNO/c1-13(2)4-3-12(17-13)8-16-11-6-9(14)5-10(15)7-11/h5-7,12,16H,3-4,8H2,1-2H3. The van der Waals surface area contributed by atoms with Crippen LogP contribution in [0.15, 0.2) is 18.2 Å². The van der Waals surface area contributed by atoms with Crippen LogP contribution in [0.2, 0.25) is 5.02 Å². The summed E-state index contributed by atoms with van der Waals surface area (Å²) in [6.45, 7) is 4.86. The second-order valence-corrected chi connectivity index (χ2v) is 5.51. The Morgan fingerprint density at radius 3 is 2.82 bits per heavy atom. The van der Waals surface area contributed by atoms with Crippen LogP contribution < -0.4 is 5.32 Å². The van der Waals surface area contributed by atoms with Gasteiger partial charge in [0.05, 0.1) is 11.7 Å². The maximum Gasteiger partial charge on any atom is 0.126 e. The van der Waals surface area contributed by atoms with Crippen molar-refractivity contribution in [1.29, 1.82) is 0 Å². The van der Waals surface area contributed by atoms with E-state index >= 15 is 0 Å². The zero-order valence-corrected chi connectivity index (χ0v) is 10.9. The van der Waals surface area contributed by atoms with Gasteiger partial charge in [-0.3, -0.25) is 0 Å². The van der Waals surface area contributed by atoms with E-state index in [1.165, 1.54) is 12.1 Å². The molecule has 0 spiro atoms. The number of anilines is 1. The number of ether oxygens (including phenoxy) is 1. The van der Waals surface area contributed by atoms with E-state index in [0.717, 1.165) is 12.8 Å². The summed E-state index contributed by atoms with van der Waals surface area (Å²) >= 11 is 5.78. The molecule has 0 amide bonds. The maximum atomic E-state index is 13.1. The molecule has 2 nitrogen and oxygen atoms in total. The summed E-state index contributed by atoms with van der Waals surface area (Å²) in [7, 11) is 0. The Labute approximate surface area is 106 Å². The number of hydrogen-bond acceptors (Lipinski definition) is 2. The molecule has 1 atom stereocenters. The quantitative estimate of drug-likeness (QED) is 0.888. The summed E-state index contributed by atoms with van der Waals surface area (Å²) in [6, 6.07) is 4.44. The van der Waals surface area contributed by atoms with E-state index in [-0.39, 0.29) is 17.5 Å². The molecule has 1 heterocycles. The summed E-state index contributed by atoms with van der Waals surface area (Å²) in [5.41, 5.74) is 0.662. The van der Waals surface area contributed by atoms with E-state index in [9.17, 15) is 4.39 Å². The fraction of sp³-hybridized carbons (Fsp3) is 0.538. The van der Waals surface area contributed by atoms with Gasteiger partial charge in [-0.2, -0.15) is 0 Å². The van der Waals surface area contributed by atoms with Gasteiger partial charge in [0, 0.05) is 17.3 Å². The number of halogens is 2. The molecule has 2 rings (SSSR count). The van der Waals surface area contributed by atoms with Crippen LogP contribution in [0.1, 0.15) is 26.7 Å². The average Bonchev–Trinajstić information content (AvgIpc) is 2.54. The van der Waals surface area contributed by atoms with E-state index in [1.54, 1.807) is 6.07 Å². The van der Waals surface area contributed by atoms with Crippen molar-refractivity contribution in [2.45, 2.75) is 38.4 Å². The molecule has 1 aromatic rings. The first-order valence-electron chi connectivity index (χ1n) is 5.82. The summed E-state index contributed by atoms with van der Waals surface area (Å²) in [5.74, 6) is -0.326. The van der Waals surface area contributed by atoms with Crippen molar-refractivity contribution >= 4 is 17.3 Å². The van der Waals surface area contributed by atoms with Crippen molar-refractivity contribution in [2.75, 3.05) is 11.9 Å². The van der Waals surface area contributed by atoms with Crippen molar-refractivity contribution in [3.8, 4) is 0 Å².